The molecule has 0 saturated carbocycles. The van der Waals surface area contributed by atoms with Crippen LogP contribution in [0.4, 0.5) is 4.79 Å². The van der Waals surface area contributed by atoms with Crippen molar-refractivity contribution >= 4 is 22.9 Å². The number of para-hydroxylation sites is 1. The Bertz CT molecular complexity index is 1870. The maximum Gasteiger partial charge on any atom is 0.408 e. The first kappa shape index (κ1) is 34.0. The number of amides is 2. The average Bonchev–Trinajstić information content (AvgIpc) is 3.63. The molecule has 0 spiro atoms. The molecule has 3 aromatic carbocycles. The maximum absolute atomic E-state index is 14.0. The number of nitrogens with zero attached hydrogens (tertiary/aromatic N) is 3. The number of benzene rings is 3. The summed E-state index contributed by atoms with van der Waals surface area (Å²) < 4.78 is 18.7. The number of nitrogens with one attached hydrogen (secondary N) is 3. The van der Waals surface area contributed by atoms with E-state index >= 15 is 0 Å². The second kappa shape index (κ2) is 14.2. The molecule has 0 aliphatic carbocycles. The van der Waals surface area contributed by atoms with E-state index in [0.29, 0.717) is 36.7 Å². The summed E-state index contributed by atoms with van der Waals surface area (Å²) in [5.74, 6) is 2.20. The average molecular weight is 653 g/mol. The number of alkyl carbamates (subject to hydrolysis) is 1. The largest absolute Gasteiger partial charge is 0.497 e. The summed E-state index contributed by atoms with van der Waals surface area (Å²) in [7, 11) is 3.23. The summed E-state index contributed by atoms with van der Waals surface area (Å²) in [6.07, 6.45) is 2.19. The topological polar surface area (TPSA) is 132 Å². The predicted molar refractivity (Wildman–Crippen MR) is 184 cm³/mol. The van der Waals surface area contributed by atoms with Gasteiger partial charge in [0.15, 0.2) is 5.82 Å². The van der Waals surface area contributed by atoms with Gasteiger partial charge in [-0.2, -0.15) is 0 Å². The van der Waals surface area contributed by atoms with Crippen molar-refractivity contribution in [1.29, 1.82) is 0 Å². The van der Waals surface area contributed by atoms with Gasteiger partial charge in [0.25, 0.3) is 0 Å². The van der Waals surface area contributed by atoms with Crippen molar-refractivity contribution < 1.29 is 23.8 Å². The molecule has 11 nitrogen and oxygen atoms in total. The second-order valence-corrected chi connectivity index (χ2v) is 13.2. The summed E-state index contributed by atoms with van der Waals surface area (Å²) in [6, 6.07) is 23.1. The Labute approximate surface area is 281 Å². The molecule has 0 bridgehead atoms. The van der Waals surface area contributed by atoms with Gasteiger partial charge in [0.1, 0.15) is 28.5 Å². The molecule has 5 aromatic rings. The molecule has 0 unspecified atom stereocenters. The van der Waals surface area contributed by atoms with Gasteiger partial charge in [0, 0.05) is 41.6 Å². The first-order valence-electron chi connectivity index (χ1n) is 15.9. The predicted octanol–water partition coefficient (Wildman–Crippen LogP) is 6.12. The zero-order chi connectivity index (χ0) is 34.5. The standard InChI is InChI=1S/C37H44N6O5/c1-36(2,3)48-35(45)40-37(4,5)34(44)39-30(20-26-22-38-29-16-12-11-15-28(26)29)33-42-41-32(19-24-13-9-8-10-14-24)43(33)23-25-17-18-27(46-6)21-31(25)47-7/h8-18,21-22,30,38H,19-20,23H2,1-7H3,(H,39,44)(H,40,45)/t30-/m1/s1. The van der Waals surface area contributed by atoms with Gasteiger partial charge >= 0.3 is 6.09 Å². The molecule has 48 heavy (non-hydrogen) atoms. The van der Waals surface area contributed by atoms with Crippen LogP contribution in [0.25, 0.3) is 10.9 Å². The number of aromatic nitrogens is 4. The lowest BCUT2D eigenvalue weighted by Crippen LogP contribution is -2.56. The molecule has 11 heteroatoms. The minimum Gasteiger partial charge on any atom is -0.497 e. The molecule has 1 atom stereocenters. The number of carbonyl (C=O) groups excluding carboxylic acids is 2. The number of ether oxygens (including phenoxy) is 3. The van der Waals surface area contributed by atoms with Gasteiger partial charge in [-0.25, -0.2) is 4.79 Å². The molecule has 3 N–H and O–H groups in total. The van der Waals surface area contributed by atoms with E-state index in [2.05, 4.69) is 20.7 Å². The Morgan fingerprint density at radius 1 is 0.896 bits per heavy atom. The van der Waals surface area contributed by atoms with Gasteiger partial charge < -0.3 is 34.4 Å². The van der Waals surface area contributed by atoms with Gasteiger partial charge in [0.05, 0.1) is 26.8 Å². The maximum atomic E-state index is 14.0. The first-order valence-corrected chi connectivity index (χ1v) is 15.9. The van der Waals surface area contributed by atoms with Crippen LogP contribution >= 0.6 is 0 Å². The number of carbonyl (C=O) groups is 2. The SMILES string of the molecule is COc1ccc(Cn2c(Cc3ccccc3)nnc2[C@@H](Cc2c[nH]c3ccccc23)NC(=O)C(C)(C)NC(=O)OC(C)(C)C)c(OC)c1. The lowest BCUT2D eigenvalue weighted by atomic mass is 10.0. The van der Waals surface area contributed by atoms with E-state index in [4.69, 9.17) is 19.3 Å². The summed E-state index contributed by atoms with van der Waals surface area (Å²) in [5, 5.41) is 16.3. The molecule has 2 heterocycles. The Hall–Kier alpha value is -5.32. The Balaban J connectivity index is 1.57. The quantitative estimate of drug-likeness (QED) is 0.148. The van der Waals surface area contributed by atoms with Crippen LogP contribution in [-0.2, 0) is 28.9 Å². The third kappa shape index (κ3) is 8.14. The van der Waals surface area contributed by atoms with Crippen LogP contribution in [0.3, 0.4) is 0 Å². The van der Waals surface area contributed by atoms with Gasteiger partial charge in [0.2, 0.25) is 5.91 Å². The summed E-state index contributed by atoms with van der Waals surface area (Å²) in [4.78, 5) is 30.0. The minimum atomic E-state index is -1.31. The van der Waals surface area contributed by atoms with E-state index in [9.17, 15) is 9.59 Å². The highest BCUT2D eigenvalue weighted by molar-refractivity contribution is 5.89. The smallest absolute Gasteiger partial charge is 0.408 e. The normalized spacial score (nSPS) is 12.4. The zero-order valence-electron chi connectivity index (χ0n) is 28.6. The van der Waals surface area contributed by atoms with Crippen LogP contribution in [0.2, 0.25) is 0 Å². The van der Waals surface area contributed by atoms with Crippen molar-refractivity contribution in [2.24, 2.45) is 0 Å². The Morgan fingerprint density at radius 3 is 2.33 bits per heavy atom. The minimum absolute atomic E-state index is 0.372. The van der Waals surface area contributed by atoms with Gasteiger partial charge in [-0.05, 0) is 63.9 Å². The third-order valence-corrected chi connectivity index (χ3v) is 7.98. The van der Waals surface area contributed by atoms with E-state index < -0.39 is 29.2 Å². The number of hydrogen-bond acceptors (Lipinski definition) is 7. The van der Waals surface area contributed by atoms with E-state index in [1.54, 1.807) is 48.8 Å². The zero-order valence-corrected chi connectivity index (χ0v) is 28.6. The van der Waals surface area contributed by atoms with Crippen molar-refractivity contribution in [2.75, 3.05) is 14.2 Å². The molecule has 0 aliphatic rings. The van der Waals surface area contributed by atoms with E-state index in [-0.39, 0.29) is 0 Å². The van der Waals surface area contributed by atoms with Crippen molar-refractivity contribution in [3.63, 3.8) is 0 Å². The molecule has 0 saturated heterocycles. The highest BCUT2D eigenvalue weighted by Gasteiger charge is 2.35. The Kier molecular flexibility index (Phi) is 10.1. The highest BCUT2D eigenvalue weighted by Crippen LogP contribution is 2.29. The van der Waals surface area contributed by atoms with Crippen molar-refractivity contribution in [3.8, 4) is 11.5 Å². The van der Waals surface area contributed by atoms with Crippen LogP contribution in [-0.4, -0.2) is 57.1 Å². The summed E-state index contributed by atoms with van der Waals surface area (Å²) >= 11 is 0. The van der Waals surface area contributed by atoms with Crippen molar-refractivity contribution in [1.82, 2.24) is 30.4 Å². The van der Waals surface area contributed by atoms with Gasteiger partial charge in [-0.15, -0.1) is 10.2 Å². The monoisotopic (exact) mass is 652 g/mol. The van der Waals surface area contributed by atoms with Crippen molar-refractivity contribution in [3.05, 3.63) is 107 Å². The van der Waals surface area contributed by atoms with Crippen LogP contribution in [0, 0.1) is 0 Å². The lowest BCUT2D eigenvalue weighted by Gasteiger charge is -2.30. The number of rotatable bonds is 12. The van der Waals surface area contributed by atoms with Gasteiger partial charge in [-0.1, -0.05) is 48.5 Å². The molecule has 2 amide bonds. The van der Waals surface area contributed by atoms with Gasteiger partial charge in [-0.3, -0.25) is 4.79 Å². The first-order chi connectivity index (χ1) is 22.9. The highest BCUT2D eigenvalue weighted by atomic mass is 16.6. The van der Waals surface area contributed by atoms with Crippen LogP contribution in [0.15, 0.2) is 79.0 Å². The number of aromatic amines is 1. The molecule has 0 radical (unpaired) electrons. The number of hydrogen-bond donors (Lipinski definition) is 3. The van der Waals surface area contributed by atoms with E-state index in [1.807, 2.05) is 83.6 Å². The fourth-order valence-corrected chi connectivity index (χ4v) is 5.52. The molecule has 0 aliphatic heterocycles. The molecule has 252 valence electrons. The van der Waals surface area contributed by atoms with Crippen LogP contribution in [0.5, 0.6) is 11.5 Å². The number of fused-ring (bicyclic) bond motifs is 1. The molecule has 0 fully saturated rings. The summed E-state index contributed by atoms with van der Waals surface area (Å²) in [6.45, 7) is 8.97. The Morgan fingerprint density at radius 2 is 1.62 bits per heavy atom. The second-order valence-electron chi connectivity index (χ2n) is 13.2. The number of methoxy groups -OCH3 is 2. The molecular formula is C37H44N6O5. The van der Waals surface area contributed by atoms with E-state index in [1.165, 1.54) is 0 Å². The van der Waals surface area contributed by atoms with Crippen molar-refractivity contribution in [2.45, 2.75) is 71.2 Å². The third-order valence-electron chi connectivity index (χ3n) is 7.98. The molecular weight excluding hydrogens is 608 g/mol. The fourth-order valence-electron chi connectivity index (χ4n) is 5.52. The van der Waals surface area contributed by atoms with E-state index in [0.717, 1.165) is 33.4 Å². The van der Waals surface area contributed by atoms with Crippen LogP contribution in [0.1, 0.15) is 69.0 Å². The molecule has 2 aromatic heterocycles. The summed E-state index contributed by atoms with van der Waals surface area (Å²) in [5.41, 5.74) is 1.91. The number of H-pyrrole nitrogens is 1. The fraction of sp³-hybridized carbons (Fsp3) is 0.351. The lowest BCUT2D eigenvalue weighted by molar-refractivity contribution is -0.127. The van der Waals surface area contributed by atoms with Crippen LogP contribution < -0.4 is 20.1 Å². The molecule has 5 rings (SSSR count).